The third-order valence-electron chi connectivity index (χ3n) is 3.07. The average Bonchev–Trinajstić information content (AvgIpc) is 2.31. The Morgan fingerprint density at radius 2 is 1.44 bits per heavy atom. The lowest BCUT2D eigenvalue weighted by atomic mass is 10.1. The van der Waals surface area contributed by atoms with Gasteiger partial charge >= 0.3 is 0 Å². The van der Waals surface area contributed by atoms with Crippen LogP contribution in [0.5, 0.6) is 0 Å². The Kier molecular flexibility index (Phi) is 12.1. The van der Waals surface area contributed by atoms with E-state index in [2.05, 4.69) is 24.8 Å². The molecular formula is C14H28N2. The smallest absolute Gasteiger partial charge is 0.0865 e. The van der Waals surface area contributed by atoms with Gasteiger partial charge in [-0.15, -0.1) is 0 Å². The summed E-state index contributed by atoms with van der Waals surface area (Å²) < 4.78 is 0. The fourth-order valence-corrected chi connectivity index (χ4v) is 1.92. The summed E-state index contributed by atoms with van der Waals surface area (Å²) in [4.78, 5) is 2.22. The van der Waals surface area contributed by atoms with Gasteiger partial charge in [0.1, 0.15) is 0 Å². The van der Waals surface area contributed by atoms with E-state index in [-0.39, 0.29) is 0 Å². The van der Waals surface area contributed by atoms with Crippen molar-refractivity contribution in [2.24, 2.45) is 0 Å². The zero-order chi connectivity index (χ0) is 12.1. The molecule has 94 valence electrons. The molecule has 0 aliphatic carbocycles. The van der Waals surface area contributed by atoms with Crippen molar-refractivity contribution in [2.75, 3.05) is 19.6 Å². The third-order valence-corrected chi connectivity index (χ3v) is 3.07. The topological polar surface area (TPSA) is 27.0 Å². The number of nitriles is 1. The van der Waals surface area contributed by atoms with Crippen LogP contribution >= 0.6 is 0 Å². The summed E-state index contributed by atoms with van der Waals surface area (Å²) in [6, 6.07) is 2.22. The van der Waals surface area contributed by atoms with Gasteiger partial charge in [-0.2, -0.15) is 5.26 Å². The first-order chi connectivity index (χ1) is 7.85. The Morgan fingerprint density at radius 1 is 0.875 bits per heavy atom. The minimum atomic E-state index is 0.590. The highest BCUT2D eigenvalue weighted by Crippen LogP contribution is 2.08. The number of nitrogens with zero attached hydrogens (tertiary/aromatic N) is 2. The fourth-order valence-electron chi connectivity index (χ4n) is 1.92. The van der Waals surface area contributed by atoms with Crippen LogP contribution in [0, 0.1) is 11.3 Å². The van der Waals surface area contributed by atoms with Gasteiger partial charge in [-0.3, -0.25) is 4.90 Å². The van der Waals surface area contributed by atoms with E-state index >= 15 is 0 Å². The van der Waals surface area contributed by atoms with Gasteiger partial charge in [-0.25, -0.2) is 0 Å². The number of hydrogen-bond acceptors (Lipinski definition) is 2. The molecule has 0 heterocycles. The molecule has 0 aliphatic rings. The molecule has 0 fully saturated rings. The average molecular weight is 224 g/mol. The summed E-state index contributed by atoms with van der Waals surface area (Å²) in [5.41, 5.74) is 0. The van der Waals surface area contributed by atoms with Crippen molar-refractivity contribution in [1.29, 1.82) is 5.26 Å². The molecule has 0 aromatic carbocycles. The van der Waals surface area contributed by atoms with E-state index in [1.165, 1.54) is 51.4 Å². The van der Waals surface area contributed by atoms with Crippen molar-refractivity contribution < 1.29 is 0 Å². The van der Waals surface area contributed by atoms with Crippen molar-refractivity contribution in [2.45, 2.75) is 65.2 Å². The maximum atomic E-state index is 8.60. The summed E-state index contributed by atoms with van der Waals surface area (Å²) in [6.45, 7) is 7.08. The minimum absolute atomic E-state index is 0.590. The molecule has 0 N–H and O–H groups in total. The van der Waals surface area contributed by atoms with Gasteiger partial charge in [-0.1, -0.05) is 58.8 Å². The van der Waals surface area contributed by atoms with Crippen LogP contribution in [-0.4, -0.2) is 24.5 Å². The van der Waals surface area contributed by atoms with Crippen molar-refractivity contribution in [3.63, 3.8) is 0 Å². The van der Waals surface area contributed by atoms with Gasteiger partial charge in [-0.05, 0) is 19.5 Å². The van der Waals surface area contributed by atoms with Crippen LogP contribution in [-0.2, 0) is 0 Å². The highest BCUT2D eigenvalue weighted by Gasteiger charge is 1.99. The van der Waals surface area contributed by atoms with Crippen LogP contribution in [0.15, 0.2) is 0 Å². The second kappa shape index (κ2) is 12.5. The monoisotopic (exact) mass is 224 g/mol. The van der Waals surface area contributed by atoms with E-state index in [9.17, 15) is 0 Å². The SMILES string of the molecule is CCCCCCCCCCN(CC)CC#N. The van der Waals surface area contributed by atoms with Crippen molar-refractivity contribution >= 4 is 0 Å². The van der Waals surface area contributed by atoms with Crippen LogP contribution in [0.1, 0.15) is 65.2 Å². The molecule has 0 saturated heterocycles. The lowest BCUT2D eigenvalue weighted by Crippen LogP contribution is -2.24. The highest BCUT2D eigenvalue weighted by atomic mass is 15.1. The Bertz CT molecular complexity index is 172. The third kappa shape index (κ3) is 9.98. The standard InChI is InChI=1S/C14H28N2/c1-3-5-6-7-8-9-10-11-13-16(4-2)14-12-15/h3-11,13-14H2,1-2H3. The predicted molar refractivity (Wildman–Crippen MR) is 70.3 cm³/mol. The molecule has 0 amide bonds. The fraction of sp³-hybridized carbons (Fsp3) is 0.929. The predicted octanol–water partition coefficient (Wildman–Crippen LogP) is 3.97. The minimum Gasteiger partial charge on any atom is -0.291 e. The van der Waals surface area contributed by atoms with Crippen molar-refractivity contribution in [3.05, 3.63) is 0 Å². The van der Waals surface area contributed by atoms with E-state index in [4.69, 9.17) is 5.26 Å². The molecule has 16 heavy (non-hydrogen) atoms. The summed E-state index contributed by atoms with van der Waals surface area (Å²) in [7, 11) is 0. The molecule has 0 aromatic rings. The molecule has 0 unspecified atom stereocenters. The molecule has 0 atom stereocenters. The van der Waals surface area contributed by atoms with E-state index < -0.39 is 0 Å². The van der Waals surface area contributed by atoms with E-state index in [1.54, 1.807) is 0 Å². The summed E-state index contributed by atoms with van der Waals surface area (Å²) in [5, 5.41) is 8.60. The van der Waals surface area contributed by atoms with Crippen LogP contribution < -0.4 is 0 Å². The summed E-state index contributed by atoms with van der Waals surface area (Å²) in [6.07, 6.45) is 10.9. The van der Waals surface area contributed by atoms with Crippen LogP contribution in [0.3, 0.4) is 0 Å². The molecule has 0 aliphatic heterocycles. The van der Waals surface area contributed by atoms with Gasteiger partial charge in [0.2, 0.25) is 0 Å². The first-order valence-electron chi connectivity index (χ1n) is 6.94. The molecule has 0 aromatic heterocycles. The Hall–Kier alpha value is -0.550. The molecule has 0 rings (SSSR count). The Balaban J connectivity index is 3.16. The Labute approximate surface area is 102 Å². The second-order valence-corrected chi connectivity index (χ2v) is 4.50. The van der Waals surface area contributed by atoms with Gasteiger partial charge < -0.3 is 0 Å². The van der Waals surface area contributed by atoms with Crippen LogP contribution in [0.2, 0.25) is 0 Å². The zero-order valence-corrected chi connectivity index (χ0v) is 11.2. The van der Waals surface area contributed by atoms with E-state index in [0.29, 0.717) is 6.54 Å². The zero-order valence-electron chi connectivity index (χ0n) is 11.2. The van der Waals surface area contributed by atoms with Gasteiger partial charge in [0.25, 0.3) is 0 Å². The number of hydrogen-bond donors (Lipinski definition) is 0. The summed E-state index contributed by atoms with van der Waals surface area (Å²) in [5.74, 6) is 0. The molecule has 2 nitrogen and oxygen atoms in total. The molecule has 0 saturated carbocycles. The number of unbranched alkanes of at least 4 members (excludes halogenated alkanes) is 7. The largest absolute Gasteiger partial charge is 0.291 e. The molecule has 0 bridgehead atoms. The lowest BCUT2D eigenvalue weighted by molar-refractivity contribution is 0.312. The van der Waals surface area contributed by atoms with Crippen LogP contribution in [0.25, 0.3) is 0 Å². The molecule has 0 spiro atoms. The van der Waals surface area contributed by atoms with Crippen LogP contribution in [0.4, 0.5) is 0 Å². The van der Waals surface area contributed by atoms with Gasteiger partial charge in [0, 0.05) is 0 Å². The van der Waals surface area contributed by atoms with Gasteiger partial charge in [0.15, 0.2) is 0 Å². The van der Waals surface area contributed by atoms with Crippen molar-refractivity contribution in [1.82, 2.24) is 4.90 Å². The maximum absolute atomic E-state index is 8.60. The molecular weight excluding hydrogens is 196 g/mol. The molecule has 0 radical (unpaired) electrons. The quantitative estimate of drug-likeness (QED) is 0.392. The first kappa shape index (κ1) is 15.4. The highest BCUT2D eigenvalue weighted by molar-refractivity contribution is 4.75. The normalized spacial score (nSPS) is 10.6. The lowest BCUT2D eigenvalue weighted by Gasteiger charge is -2.15. The van der Waals surface area contributed by atoms with E-state index in [1.807, 2.05) is 0 Å². The summed E-state index contributed by atoms with van der Waals surface area (Å²) >= 11 is 0. The van der Waals surface area contributed by atoms with Crippen molar-refractivity contribution in [3.8, 4) is 6.07 Å². The Morgan fingerprint density at radius 3 is 1.94 bits per heavy atom. The molecule has 2 heteroatoms. The van der Waals surface area contributed by atoms with E-state index in [0.717, 1.165) is 13.1 Å². The first-order valence-corrected chi connectivity index (χ1v) is 6.94. The maximum Gasteiger partial charge on any atom is 0.0865 e. The van der Waals surface area contributed by atoms with Gasteiger partial charge in [0.05, 0.1) is 12.6 Å². The second-order valence-electron chi connectivity index (χ2n) is 4.50. The number of rotatable bonds is 11.